The maximum absolute atomic E-state index is 12.0. The maximum Gasteiger partial charge on any atom is 0.275 e. The van der Waals surface area contributed by atoms with Crippen molar-refractivity contribution in [3.8, 4) is 0 Å². The lowest BCUT2D eigenvalue weighted by atomic mass is 10.2. The van der Waals surface area contributed by atoms with E-state index in [1.807, 2.05) is 45.0 Å². The van der Waals surface area contributed by atoms with Crippen molar-refractivity contribution in [2.24, 2.45) is 0 Å². The van der Waals surface area contributed by atoms with E-state index >= 15 is 0 Å². The summed E-state index contributed by atoms with van der Waals surface area (Å²) in [6, 6.07) is 7.71. The van der Waals surface area contributed by atoms with Crippen molar-refractivity contribution in [2.45, 2.75) is 20.8 Å². The summed E-state index contributed by atoms with van der Waals surface area (Å²) in [6.45, 7) is 5.79. The van der Waals surface area contributed by atoms with Crippen LogP contribution in [0.4, 0.5) is 5.69 Å². The molecule has 2 rings (SSSR count). The highest BCUT2D eigenvalue weighted by Gasteiger charge is 2.14. The van der Waals surface area contributed by atoms with Gasteiger partial charge in [0.15, 0.2) is 0 Å². The first-order chi connectivity index (χ1) is 8.08. The Balaban J connectivity index is 2.23. The van der Waals surface area contributed by atoms with Crippen LogP contribution in [0.2, 0.25) is 0 Å². The van der Waals surface area contributed by atoms with Crippen molar-refractivity contribution in [1.29, 1.82) is 0 Å². The Hall–Kier alpha value is -1.68. The summed E-state index contributed by atoms with van der Waals surface area (Å²) < 4.78 is 0. The van der Waals surface area contributed by atoms with E-state index in [0.29, 0.717) is 5.69 Å². The Morgan fingerprint density at radius 2 is 1.94 bits per heavy atom. The predicted octanol–water partition coefficient (Wildman–Crippen LogP) is 3.32. The highest BCUT2D eigenvalue weighted by atomic mass is 32.1. The second-order valence-electron chi connectivity index (χ2n) is 3.91. The summed E-state index contributed by atoms with van der Waals surface area (Å²) in [6.07, 6.45) is 0. The van der Waals surface area contributed by atoms with Gasteiger partial charge in [-0.15, -0.1) is 11.3 Å². The Bertz CT molecular complexity index is 560. The fourth-order valence-corrected chi connectivity index (χ4v) is 2.45. The van der Waals surface area contributed by atoms with Gasteiger partial charge in [-0.1, -0.05) is 18.2 Å². The van der Waals surface area contributed by atoms with Gasteiger partial charge in [-0.3, -0.25) is 4.79 Å². The third kappa shape index (κ3) is 2.53. The molecule has 1 heterocycles. The van der Waals surface area contributed by atoms with Gasteiger partial charge in [0.2, 0.25) is 0 Å². The molecule has 1 aromatic carbocycles. The highest BCUT2D eigenvalue weighted by Crippen LogP contribution is 2.19. The normalized spacial score (nSPS) is 10.3. The van der Waals surface area contributed by atoms with E-state index in [2.05, 4.69) is 10.3 Å². The van der Waals surface area contributed by atoms with Crippen molar-refractivity contribution < 1.29 is 4.79 Å². The fourth-order valence-electron chi connectivity index (χ4n) is 1.63. The van der Waals surface area contributed by atoms with Gasteiger partial charge in [0.25, 0.3) is 5.91 Å². The maximum atomic E-state index is 12.0. The van der Waals surface area contributed by atoms with E-state index < -0.39 is 0 Å². The van der Waals surface area contributed by atoms with Gasteiger partial charge >= 0.3 is 0 Å². The van der Waals surface area contributed by atoms with Crippen LogP contribution in [0.25, 0.3) is 0 Å². The number of aromatic nitrogens is 1. The third-order valence-corrected chi connectivity index (χ3v) is 3.40. The van der Waals surface area contributed by atoms with E-state index in [4.69, 9.17) is 0 Å². The number of nitrogens with zero attached hydrogens (tertiary/aromatic N) is 1. The van der Waals surface area contributed by atoms with Gasteiger partial charge in [-0.25, -0.2) is 4.98 Å². The highest BCUT2D eigenvalue weighted by molar-refractivity contribution is 7.11. The van der Waals surface area contributed by atoms with Crippen LogP contribution in [0, 0.1) is 20.8 Å². The van der Waals surface area contributed by atoms with Crippen molar-refractivity contribution in [1.82, 2.24) is 4.98 Å². The summed E-state index contributed by atoms with van der Waals surface area (Å²) in [5.41, 5.74) is 2.41. The molecule has 17 heavy (non-hydrogen) atoms. The molecule has 0 radical (unpaired) electrons. The van der Waals surface area contributed by atoms with Crippen LogP contribution >= 0.6 is 11.3 Å². The van der Waals surface area contributed by atoms with Crippen LogP contribution in [-0.2, 0) is 0 Å². The van der Waals surface area contributed by atoms with Crippen LogP contribution in [0.5, 0.6) is 0 Å². The van der Waals surface area contributed by atoms with Crippen LogP contribution in [0.3, 0.4) is 0 Å². The molecular formula is C13H14N2OS. The Morgan fingerprint density at radius 3 is 2.53 bits per heavy atom. The summed E-state index contributed by atoms with van der Waals surface area (Å²) in [7, 11) is 0. The van der Waals surface area contributed by atoms with E-state index in [0.717, 1.165) is 21.1 Å². The van der Waals surface area contributed by atoms with Crippen molar-refractivity contribution in [3.63, 3.8) is 0 Å². The topological polar surface area (TPSA) is 42.0 Å². The van der Waals surface area contributed by atoms with Gasteiger partial charge in [-0.2, -0.15) is 0 Å². The number of rotatable bonds is 2. The van der Waals surface area contributed by atoms with Gasteiger partial charge in [-0.05, 0) is 32.4 Å². The average molecular weight is 246 g/mol. The molecule has 0 aliphatic carbocycles. The monoisotopic (exact) mass is 246 g/mol. The SMILES string of the molecule is Cc1nc(C(=O)Nc2ccccc2C)c(C)s1. The Labute approximate surface area is 105 Å². The predicted molar refractivity (Wildman–Crippen MR) is 70.7 cm³/mol. The van der Waals surface area contributed by atoms with E-state index in [9.17, 15) is 4.79 Å². The summed E-state index contributed by atoms with van der Waals surface area (Å²) in [5.74, 6) is -0.138. The molecule has 1 amide bonds. The Kier molecular flexibility index (Phi) is 3.24. The van der Waals surface area contributed by atoms with E-state index in [1.54, 1.807) is 11.3 Å². The summed E-state index contributed by atoms with van der Waals surface area (Å²) in [4.78, 5) is 17.2. The molecule has 2 aromatic rings. The van der Waals surface area contributed by atoms with Crippen molar-refractivity contribution >= 4 is 22.9 Å². The van der Waals surface area contributed by atoms with Crippen LogP contribution in [0.15, 0.2) is 24.3 Å². The first-order valence-corrected chi connectivity index (χ1v) is 6.20. The zero-order valence-electron chi connectivity index (χ0n) is 10.1. The molecule has 1 aromatic heterocycles. The number of amides is 1. The molecular weight excluding hydrogens is 232 g/mol. The van der Waals surface area contributed by atoms with Gasteiger partial charge < -0.3 is 5.32 Å². The lowest BCUT2D eigenvalue weighted by Gasteiger charge is -2.06. The van der Waals surface area contributed by atoms with Crippen LogP contribution in [0.1, 0.15) is 25.9 Å². The first-order valence-electron chi connectivity index (χ1n) is 5.39. The number of carbonyl (C=O) groups excluding carboxylic acids is 1. The molecule has 0 aliphatic rings. The number of para-hydroxylation sites is 1. The number of nitrogens with one attached hydrogen (secondary N) is 1. The number of anilines is 1. The second-order valence-corrected chi connectivity index (χ2v) is 5.31. The number of aryl methyl sites for hydroxylation is 3. The Morgan fingerprint density at radius 1 is 1.24 bits per heavy atom. The molecule has 0 aliphatic heterocycles. The van der Waals surface area contributed by atoms with Crippen LogP contribution in [-0.4, -0.2) is 10.9 Å². The van der Waals surface area contributed by atoms with Gasteiger partial charge in [0.05, 0.1) is 5.01 Å². The molecule has 0 unspecified atom stereocenters. The van der Waals surface area contributed by atoms with Crippen molar-refractivity contribution in [3.05, 3.63) is 45.4 Å². The molecule has 3 nitrogen and oxygen atoms in total. The molecule has 88 valence electrons. The number of thiazole rings is 1. The second kappa shape index (κ2) is 4.67. The number of hydrogen-bond acceptors (Lipinski definition) is 3. The molecule has 0 saturated carbocycles. The molecule has 0 spiro atoms. The molecule has 4 heteroatoms. The standard InChI is InChI=1S/C13H14N2OS/c1-8-6-4-5-7-11(8)15-13(16)12-9(2)17-10(3)14-12/h4-7H,1-3H3,(H,15,16). The molecule has 0 saturated heterocycles. The largest absolute Gasteiger partial charge is 0.320 e. The van der Waals surface area contributed by atoms with Crippen molar-refractivity contribution in [2.75, 3.05) is 5.32 Å². The number of hydrogen-bond donors (Lipinski definition) is 1. The number of carbonyl (C=O) groups is 1. The smallest absolute Gasteiger partial charge is 0.275 e. The lowest BCUT2D eigenvalue weighted by molar-refractivity contribution is 0.102. The minimum Gasteiger partial charge on any atom is -0.320 e. The summed E-state index contributed by atoms with van der Waals surface area (Å²) >= 11 is 1.54. The molecule has 0 fully saturated rings. The average Bonchev–Trinajstić information content (AvgIpc) is 2.61. The lowest BCUT2D eigenvalue weighted by Crippen LogP contribution is -2.14. The van der Waals surface area contributed by atoms with Crippen LogP contribution < -0.4 is 5.32 Å². The molecule has 0 bridgehead atoms. The fraction of sp³-hybridized carbons (Fsp3) is 0.231. The van der Waals surface area contributed by atoms with Gasteiger partial charge in [0.1, 0.15) is 5.69 Å². The first kappa shape index (κ1) is 11.8. The number of benzene rings is 1. The summed E-state index contributed by atoms with van der Waals surface area (Å²) in [5, 5.41) is 3.80. The quantitative estimate of drug-likeness (QED) is 0.883. The van der Waals surface area contributed by atoms with E-state index in [-0.39, 0.29) is 5.91 Å². The van der Waals surface area contributed by atoms with E-state index in [1.165, 1.54) is 0 Å². The third-order valence-electron chi connectivity index (χ3n) is 2.51. The molecule has 0 atom stereocenters. The zero-order valence-corrected chi connectivity index (χ0v) is 10.9. The molecule has 1 N–H and O–H groups in total. The minimum atomic E-state index is -0.138. The van der Waals surface area contributed by atoms with Gasteiger partial charge in [0, 0.05) is 10.6 Å². The zero-order chi connectivity index (χ0) is 12.4. The minimum absolute atomic E-state index is 0.138.